The van der Waals surface area contributed by atoms with Gasteiger partial charge in [-0.2, -0.15) is 0 Å². The monoisotopic (exact) mass is 264 g/mol. The van der Waals surface area contributed by atoms with Crippen molar-refractivity contribution in [3.05, 3.63) is 29.8 Å². The van der Waals surface area contributed by atoms with Crippen LogP contribution >= 0.6 is 12.6 Å². The van der Waals surface area contributed by atoms with Crippen molar-refractivity contribution in [3.63, 3.8) is 0 Å². The van der Waals surface area contributed by atoms with Gasteiger partial charge in [0.2, 0.25) is 11.8 Å². The van der Waals surface area contributed by atoms with Gasteiger partial charge < -0.3 is 4.90 Å². The van der Waals surface area contributed by atoms with Crippen molar-refractivity contribution in [1.29, 1.82) is 0 Å². The molecular formula is C12H12N2O3S. The predicted molar refractivity (Wildman–Crippen MR) is 67.3 cm³/mol. The lowest BCUT2D eigenvalue weighted by Gasteiger charge is -2.31. The number of nitrogens with one attached hydrogen (secondary N) is 1. The molecule has 1 unspecified atom stereocenters. The third-order valence-corrected chi connectivity index (χ3v) is 3.21. The summed E-state index contributed by atoms with van der Waals surface area (Å²) in [7, 11) is 0. The van der Waals surface area contributed by atoms with Gasteiger partial charge in [0.05, 0.1) is 5.56 Å². The van der Waals surface area contributed by atoms with Crippen molar-refractivity contribution in [1.82, 2.24) is 10.2 Å². The largest absolute Gasteiger partial charge is 0.318 e. The van der Waals surface area contributed by atoms with E-state index in [2.05, 4.69) is 17.9 Å². The van der Waals surface area contributed by atoms with Gasteiger partial charge in [0.25, 0.3) is 5.91 Å². The molecule has 1 aromatic rings. The van der Waals surface area contributed by atoms with E-state index < -0.39 is 17.9 Å². The predicted octanol–water partition coefficient (Wildman–Crippen LogP) is 0.462. The minimum Gasteiger partial charge on any atom is -0.318 e. The summed E-state index contributed by atoms with van der Waals surface area (Å²) in [5.74, 6) is -1.30. The highest BCUT2D eigenvalue weighted by Gasteiger charge is 2.34. The number of piperazine rings is 1. The number of hydrogen-bond donors (Lipinski definition) is 2. The number of benzene rings is 1. The zero-order valence-corrected chi connectivity index (χ0v) is 10.6. The van der Waals surface area contributed by atoms with Crippen molar-refractivity contribution in [2.45, 2.75) is 17.9 Å². The van der Waals surface area contributed by atoms with E-state index in [9.17, 15) is 14.4 Å². The quantitative estimate of drug-likeness (QED) is 0.572. The normalized spacial score (nSPS) is 19.7. The SMILES string of the molecule is CC1C(=O)NC(=O)CN1C(=O)c1ccccc1S. The first kappa shape index (κ1) is 12.6. The Hall–Kier alpha value is -1.82. The molecule has 1 atom stereocenters. The van der Waals surface area contributed by atoms with Crippen molar-refractivity contribution < 1.29 is 14.4 Å². The summed E-state index contributed by atoms with van der Waals surface area (Å²) in [6, 6.07) is 6.12. The fourth-order valence-electron chi connectivity index (χ4n) is 1.77. The van der Waals surface area contributed by atoms with Crippen molar-refractivity contribution in [3.8, 4) is 0 Å². The van der Waals surface area contributed by atoms with Crippen LogP contribution in [0.4, 0.5) is 0 Å². The maximum absolute atomic E-state index is 12.3. The van der Waals surface area contributed by atoms with Crippen LogP contribution in [0.25, 0.3) is 0 Å². The summed E-state index contributed by atoms with van der Waals surface area (Å²) >= 11 is 4.20. The third kappa shape index (κ3) is 2.24. The van der Waals surface area contributed by atoms with Crippen LogP contribution in [0.5, 0.6) is 0 Å². The first-order chi connectivity index (χ1) is 8.50. The fourth-order valence-corrected chi connectivity index (χ4v) is 2.03. The Morgan fingerprint density at radius 1 is 1.39 bits per heavy atom. The highest BCUT2D eigenvalue weighted by atomic mass is 32.1. The molecular weight excluding hydrogens is 252 g/mol. The first-order valence-electron chi connectivity index (χ1n) is 5.43. The molecule has 3 amide bonds. The van der Waals surface area contributed by atoms with E-state index >= 15 is 0 Å². The number of carbonyl (C=O) groups excluding carboxylic acids is 3. The van der Waals surface area contributed by atoms with Gasteiger partial charge in [0.15, 0.2) is 0 Å². The Morgan fingerprint density at radius 2 is 2.06 bits per heavy atom. The number of rotatable bonds is 1. The van der Waals surface area contributed by atoms with E-state index in [1.54, 1.807) is 31.2 Å². The molecule has 0 bridgehead atoms. The standard InChI is InChI=1S/C12H12N2O3S/c1-7-11(16)13-10(15)6-14(7)12(17)8-4-2-3-5-9(8)18/h2-5,7,18H,6H2,1H3,(H,13,15,16). The summed E-state index contributed by atoms with van der Waals surface area (Å²) in [5.41, 5.74) is 0.384. The molecule has 5 nitrogen and oxygen atoms in total. The minimum absolute atomic E-state index is 0.117. The molecule has 1 heterocycles. The molecule has 18 heavy (non-hydrogen) atoms. The molecule has 2 rings (SSSR count). The molecule has 1 aliphatic rings. The summed E-state index contributed by atoms with van der Waals surface area (Å²) in [6.07, 6.45) is 0. The van der Waals surface area contributed by atoms with Crippen LogP contribution in [-0.4, -0.2) is 35.2 Å². The van der Waals surface area contributed by atoms with E-state index in [0.717, 1.165) is 0 Å². The Labute approximate surface area is 110 Å². The van der Waals surface area contributed by atoms with Crippen molar-refractivity contribution in [2.24, 2.45) is 0 Å². The van der Waals surface area contributed by atoms with E-state index in [-0.39, 0.29) is 12.5 Å². The van der Waals surface area contributed by atoms with Crippen molar-refractivity contribution >= 4 is 30.4 Å². The fraction of sp³-hybridized carbons (Fsp3) is 0.250. The molecule has 94 valence electrons. The summed E-state index contributed by atoms with van der Waals surface area (Å²) in [4.78, 5) is 36.8. The van der Waals surface area contributed by atoms with E-state index in [4.69, 9.17) is 0 Å². The molecule has 6 heteroatoms. The average molecular weight is 264 g/mol. The Bertz CT molecular complexity index is 530. The van der Waals surface area contributed by atoms with Crippen LogP contribution in [0.1, 0.15) is 17.3 Å². The van der Waals surface area contributed by atoms with Gasteiger partial charge >= 0.3 is 0 Å². The van der Waals surface area contributed by atoms with Crippen molar-refractivity contribution in [2.75, 3.05) is 6.54 Å². The molecule has 0 aliphatic carbocycles. The number of carbonyl (C=O) groups is 3. The number of thiol groups is 1. The third-order valence-electron chi connectivity index (χ3n) is 2.82. The average Bonchev–Trinajstić information content (AvgIpc) is 2.33. The van der Waals surface area contributed by atoms with Crippen LogP contribution in [-0.2, 0) is 9.59 Å². The van der Waals surface area contributed by atoms with Crippen LogP contribution < -0.4 is 5.32 Å². The van der Waals surface area contributed by atoms with Gasteiger partial charge in [-0.1, -0.05) is 12.1 Å². The van der Waals surface area contributed by atoms with E-state index in [1.807, 2.05) is 0 Å². The Morgan fingerprint density at radius 3 is 2.72 bits per heavy atom. The highest BCUT2D eigenvalue weighted by Crippen LogP contribution is 2.17. The number of imide groups is 1. The zero-order valence-electron chi connectivity index (χ0n) is 9.71. The van der Waals surface area contributed by atoms with Gasteiger partial charge in [-0.25, -0.2) is 0 Å². The maximum Gasteiger partial charge on any atom is 0.256 e. The molecule has 1 aliphatic heterocycles. The lowest BCUT2D eigenvalue weighted by atomic mass is 10.1. The van der Waals surface area contributed by atoms with Gasteiger partial charge in [-0.05, 0) is 19.1 Å². The van der Waals surface area contributed by atoms with Crippen LogP contribution in [0.15, 0.2) is 29.2 Å². The molecule has 1 saturated heterocycles. The lowest BCUT2D eigenvalue weighted by molar-refractivity contribution is -0.138. The summed E-state index contributed by atoms with van der Waals surface area (Å²) in [5, 5.41) is 2.19. The molecule has 0 aromatic heterocycles. The topological polar surface area (TPSA) is 66.5 Å². The number of amides is 3. The number of hydrogen-bond acceptors (Lipinski definition) is 4. The van der Waals surface area contributed by atoms with Crippen LogP contribution in [0, 0.1) is 0 Å². The first-order valence-corrected chi connectivity index (χ1v) is 5.88. The highest BCUT2D eigenvalue weighted by molar-refractivity contribution is 7.80. The van der Waals surface area contributed by atoms with Gasteiger partial charge in [0, 0.05) is 4.90 Å². The summed E-state index contributed by atoms with van der Waals surface area (Å²) in [6.45, 7) is 1.47. The second-order valence-corrected chi connectivity index (χ2v) is 4.52. The molecule has 0 spiro atoms. The summed E-state index contributed by atoms with van der Waals surface area (Å²) < 4.78 is 0. The molecule has 1 N–H and O–H groups in total. The second kappa shape index (κ2) is 4.81. The Kier molecular flexibility index (Phi) is 3.38. The molecule has 0 radical (unpaired) electrons. The van der Waals surface area contributed by atoms with E-state index in [1.165, 1.54) is 4.90 Å². The van der Waals surface area contributed by atoms with Gasteiger partial charge in [-0.15, -0.1) is 12.6 Å². The lowest BCUT2D eigenvalue weighted by Crippen LogP contribution is -2.58. The molecule has 0 saturated carbocycles. The molecule has 1 aromatic carbocycles. The Balaban J connectivity index is 2.31. The molecule has 1 fully saturated rings. The van der Waals surface area contributed by atoms with E-state index in [0.29, 0.717) is 10.5 Å². The second-order valence-electron chi connectivity index (χ2n) is 4.04. The van der Waals surface area contributed by atoms with Gasteiger partial charge in [0.1, 0.15) is 12.6 Å². The minimum atomic E-state index is -0.664. The van der Waals surface area contributed by atoms with Gasteiger partial charge in [-0.3, -0.25) is 19.7 Å². The smallest absolute Gasteiger partial charge is 0.256 e. The number of nitrogens with zero attached hydrogens (tertiary/aromatic N) is 1. The zero-order chi connectivity index (χ0) is 13.3. The maximum atomic E-state index is 12.3. The van der Waals surface area contributed by atoms with Crippen LogP contribution in [0.2, 0.25) is 0 Å². The van der Waals surface area contributed by atoms with Crippen LogP contribution in [0.3, 0.4) is 0 Å².